The molecule has 5 rings (SSSR count). The lowest BCUT2D eigenvalue weighted by Crippen LogP contribution is -2.51. The SMILES string of the molecule is COC(=O)[C@@]1(N)CCN(c2cc(Cl)cc(C3CCC3)c2Cn2cnc3c(N)ncnc32)C1. The molecule has 10 heteroatoms. The normalized spacial score (nSPS) is 21.2. The second kappa shape index (κ2) is 7.90. The number of imidazole rings is 1. The third kappa shape index (κ3) is 3.45. The molecule has 0 spiro atoms. The molecule has 9 nitrogen and oxygen atoms in total. The molecule has 0 amide bonds. The highest BCUT2D eigenvalue weighted by atomic mass is 35.5. The summed E-state index contributed by atoms with van der Waals surface area (Å²) < 4.78 is 6.93. The van der Waals surface area contributed by atoms with Gasteiger partial charge in [0, 0.05) is 23.8 Å². The highest BCUT2D eigenvalue weighted by molar-refractivity contribution is 6.31. The van der Waals surface area contributed by atoms with Crippen LogP contribution in [-0.4, -0.2) is 51.2 Å². The second-order valence-corrected chi connectivity index (χ2v) is 9.18. The Balaban J connectivity index is 1.59. The Hall–Kier alpha value is -2.91. The third-order valence-electron chi connectivity index (χ3n) is 6.76. The van der Waals surface area contributed by atoms with E-state index < -0.39 is 11.5 Å². The zero-order valence-corrected chi connectivity index (χ0v) is 18.7. The van der Waals surface area contributed by atoms with Crippen molar-refractivity contribution in [2.75, 3.05) is 30.8 Å². The van der Waals surface area contributed by atoms with Gasteiger partial charge in [0.05, 0.1) is 20.0 Å². The van der Waals surface area contributed by atoms with E-state index in [2.05, 4.69) is 25.9 Å². The number of hydrogen-bond donors (Lipinski definition) is 2. The molecule has 32 heavy (non-hydrogen) atoms. The highest BCUT2D eigenvalue weighted by Crippen LogP contribution is 2.43. The number of nitrogen functional groups attached to an aromatic ring is 1. The van der Waals surface area contributed by atoms with Gasteiger partial charge in [-0.25, -0.2) is 19.7 Å². The summed E-state index contributed by atoms with van der Waals surface area (Å²) in [6.45, 7) is 1.57. The van der Waals surface area contributed by atoms with E-state index in [0.717, 1.165) is 24.1 Å². The fraction of sp³-hybridized carbons (Fsp3) is 0.455. The van der Waals surface area contributed by atoms with E-state index in [0.29, 0.717) is 54.0 Å². The Morgan fingerprint density at radius 3 is 2.84 bits per heavy atom. The molecule has 1 aliphatic carbocycles. The van der Waals surface area contributed by atoms with Crippen molar-refractivity contribution in [2.24, 2.45) is 5.73 Å². The number of nitrogens with zero attached hydrogens (tertiary/aromatic N) is 5. The Morgan fingerprint density at radius 1 is 1.31 bits per heavy atom. The number of anilines is 2. The zero-order valence-electron chi connectivity index (χ0n) is 17.9. The van der Waals surface area contributed by atoms with Crippen molar-refractivity contribution in [3.63, 3.8) is 0 Å². The van der Waals surface area contributed by atoms with Gasteiger partial charge in [-0.2, -0.15) is 0 Å². The molecule has 2 aromatic heterocycles. The minimum atomic E-state index is -1.03. The van der Waals surface area contributed by atoms with E-state index in [1.807, 2.05) is 10.6 Å². The Kier molecular flexibility index (Phi) is 5.17. The Morgan fingerprint density at radius 2 is 2.12 bits per heavy atom. The number of methoxy groups -OCH3 is 1. The Labute approximate surface area is 190 Å². The number of esters is 1. The molecule has 1 aliphatic heterocycles. The molecule has 3 aromatic rings. The van der Waals surface area contributed by atoms with Crippen LogP contribution in [0, 0.1) is 0 Å². The lowest BCUT2D eigenvalue weighted by Gasteiger charge is -2.32. The van der Waals surface area contributed by atoms with Gasteiger partial charge in [-0.15, -0.1) is 0 Å². The monoisotopic (exact) mass is 455 g/mol. The molecule has 168 valence electrons. The van der Waals surface area contributed by atoms with Gasteiger partial charge in [-0.3, -0.25) is 0 Å². The minimum Gasteiger partial charge on any atom is -0.468 e. The van der Waals surface area contributed by atoms with Crippen LogP contribution < -0.4 is 16.4 Å². The highest BCUT2D eigenvalue weighted by Gasteiger charge is 2.43. The van der Waals surface area contributed by atoms with Crippen molar-refractivity contribution in [3.8, 4) is 0 Å². The van der Waals surface area contributed by atoms with Crippen molar-refractivity contribution >= 4 is 40.2 Å². The number of benzene rings is 1. The average molecular weight is 456 g/mol. The molecule has 3 heterocycles. The molecule has 2 fully saturated rings. The predicted molar refractivity (Wildman–Crippen MR) is 123 cm³/mol. The summed E-state index contributed by atoms with van der Waals surface area (Å²) in [6, 6.07) is 4.03. The minimum absolute atomic E-state index is 0.356. The molecule has 2 aliphatic rings. The van der Waals surface area contributed by atoms with Crippen LogP contribution in [0.2, 0.25) is 5.02 Å². The molecular formula is C22H26ClN7O2. The summed E-state index contributed by atoms with van der Waals surface area (Å²) in [5.74, 6) is 0.424. The van der Waals surface area contributed by atoms with Crippen molar-refractivity contribution in [2.45, 2.75) is 43.7 Å². The van der Waals surface area contributed by atoms with Gasteiger partial charge in [0.2, 0.25) is 0 Å². The van der Waals surface area contributed by atoms with E-state index in [-0.39, 0.29) is 0 Å². The number of fused-ring (bicyclic) bond motifs is 1. The maximum absolute atomic E-state index is 12.3. The fourth-order valence-corrected chi connectivity index (χ4v) is 5.00. The van der Waals surface area contributed by atoms with Crippen LogP contribution in [0.4, 0.5) is 11.5 Å². The van der Waals surface area contributed by atoms with E-state index in [1.54, 1.807) is 6.33 Å². The molecule has 1 saturated carbocycles. The average Bonchev–Trinajstić information content (AvgIpc) is 3.33. The van der Waals surface area contributed by atoms with Crippen LogP contribution in [0.5, 0.6) is 0 Å². The predicted octanol–water partition coefficient (Wildman–Crippen LogP) is 2.46. The van der Waals surface area contributed by atoms with Crippen molar-refractivity contribution in [1.29, 1.82) is 0 Å². The summed E-state index contributed by atoms with van der Waals surface area (Å²) in [5, 5.41) is 0.681. The number of ether oxygens (including phenoxy) is 1. The van der Waals surface area contributed by atoms with Crippen LogP contribution in [0.3, 0.4) is 0 Å². The van der Waals surface area contributed by atoms with Gasteiger partial charge in [0.15, 0.2) is 11.5 Å². The largest absolute Gasteiger partial charge is 0.468 e. The summed E-state index contributed by atoms with van der Waals surface area (Å²) in [4.78, 5) is 27.3. The van der Waals surface area contributed by atoms with E-state index in [9.17, 15) is 4.79 Å². The molecular weight excluding hydrogens is 430 g/mol. The first-order chi connectivity index (χ1) is 15.4. The first kappa shape index (κ1) is 21.0. The standard InChI is InChI=1S/C22H26ClN7O2/c1-32-21(31)22(25)5-6-29(10-22)17-8-14(23)7-15(13-3-2-4-13)16(17)9-30-12-28-18-19(24)26-11-27-20(18)30/h7-8,11-13H,2-6,9-10,25H2,1H3,(H2,24,26,27)/t22-/m1/s1. The molecule has 1 atom stereocenters. The van der Waals surface area contributed by atoms with Crippen molar-refractivity contribution in [1.82, 2.24) is 19.5 Å². The first-order valence-electron chi connectivity index (χ1n) is 10.8. The van der Waals surface area contributed by atoms with E-state index in [1.165, 1.54) is 25.4 Å². The van der Waals surface area contributed by atoms with E-state index >= 15 is 0 Å². The maximum Gasteiger partial charge on any atom is 0.327 e. The third-order valence-corrected chi connectivity index (χ3v) is 6.98. The molecule has 0 bridgehead atoms. The van der Waals surface area contributed by atoms with Crippen LogP contribution >= 0.6 is 11.6 Å². The number of rotatable bonds is 5. The maximum atomic E-state index is 12.3. The lowest BCUT2D eigenvalue weighted by molar-refractivity contribution is -0.146. The topological polar surface area (TPSA) is 125 Å². The summed E-state index contributed by atoms with van der Waals surface area (Å²) in [7, 11) is 1.37. The van der Waals surface area contributed by atoms with Crippen molar-refractivity contribution < 1.29 is 9.53 Å². The number of carbonyl (C=O) groups excluding carboxylic acids is 1. The van der Waals surface area contributed by atoms with Gasteiger partial charge >= 0.3 is 5.97 Å². The quantitative estimate of drug-likeness (QED) is 0.562. The summed E-state index contributed by atoms with van der Waals surface area (Å²) in [6.07, 6.45) is 7.18. The first-order valence-corrected chi connectivity index (χ1v) is 11.1. The van der Waals surface area contributed by atoms with Gasteiger partial charge < -0.3 is 25.7 Å². The number of hydrogen-bond acceptors (Lipinski definition) is 8. The number of aromatic nitrogens is 4. The number of halogens is 1. The van der Waals surface area contributed by atoms with E-state index in [4.69, 9.17) is 27.8 Å². The molecule has 4 N–H and O–H groups in total. The second-order valence-electron chi connectivity index (χ2n) is 8.74. The van der Waals surface area contributed by atoms with Crippen molar-refractivity contribution in [3.05, 3.63) is 40.9 Å². The molecule has 1 saturated heterocycles. The molecule has 0 unspecified atom stereocenters. The van der Waals surface area contributed by atoms with Crippen LogP contribution in [0.15, 0.2) is 24.8 Å². The van der Waals surface area contributed by atoms with Gasteiger partial charge in [-0.05, 0) is 48.4 Å². The lowest BCUT2D eigenvalue weighted by atomic mass is 9.77. The fourth-order valence-electron chi connectivity index (χ4n) is 4.77. The summed E-state index contributed by atoms with van der Waals surface area (Å²) >= 11 is 6.58. The number of carbonyl (C=O) groups is 1. The van der Waals surface area contributed by atoms with Crippen LogP contribution in [0.1, 0.15) is 42.7 Å². The van der Waals surface area contributed by atoms with Gasteiger partial charge in [-0.1, -0.05) is 18.0 Å². The van der Waals surface area contributed by atoms with Gasteiger partial charge in [0.25, 0.3) is 0 Å². The Bertz CT molecular complexity index is 1190. The molecule has 1 aromatic carbocycles. The zero-order chi connectivity index (χ0) is 22.5. The smallest absolute Gasteiger partial charge is 0.327 e. The molecule has 0 radical (unpaired) electrons. The number of nitrogens with two attached hydrogens (primary N) is 2. The summed E-state index contributed by atoms with van der Waals surface area (Å²) in [5.41, 5.74) is 16.0. The van der Waals surface area contributed by atoms with Crippen LogP contribution in [0.25, 0.3) is 11.2 Å². The van der Waals surface area contributed by atoms with Gasteiger partial charge in [0.1, 0.15) is 17.4 Å². The van der Waals surface area contributed by atoms with Crippen LogP contribution in [-0.2, 0) is 16.1 Å².